The van der Waals surface area contributed by atoms with Crippen molar-refractivity contribution in [3.8, 4) is 5.75 Å². The molecule has 2 N–H and O–H groups in total. The molecule has 0 spiro atoms. The predicted molar refractivity (Wildman–Crippen MR) is 70.8 cm³/mol. The first-order valence-electron chi connectivity index (χ1n) is 5.38. The standard InChI is InChI=1S/C12H12N2O4S/c1-14(9-3-2-4-10(15)7-9)19(17,18)12-8-13-6-5-11(12)16/h2-8,15H,1H3,(H,13,16). The molecule has 0 aliphatic heterocycles. The highest BCUT2D eigenvalue weighted by Gasteiger charge is 2.24. The summed E-state index contributed by atoms with van der Waals surface area (Å²) >= 11 is 0. The summed E-state index contributed by atoms with van der Waals surface area (Å²) in [6.45, 7) is 0. The number of sulfonamides is 1. The van der Waals surface area contributed by atoms with E-state index in [2.05, 4.69) is 4.98 Å². The Kier molecular flexibility index (Phi) is 3.30. The molecule has 0 radical (unpaired) electrons. The number of aromatic amines is 1. The summed E-state index contributed by atoms with van der Waals surface area (Å²) < 4.78 is 25.5. The number of nitrogens with zero attached hydrogens (tertiary/aromatic N) is 1. The number of pyridine rings is 1. The number of benzene rings is 1. The summed E-state index contributed by atoms with van der Waals surface area (Å²) in [7, 11) is -2.64. The average molecular weight is 280 g/mol. The molecule has 0 aliphatic carbocycles. The highest BCUT2D eigenvalue weighted by molar-refractivity contribution is 7.92. The second kappa shape index (κ2) is 4.77. The maximum absolute atomic E-state index is 12.3. The average Bonchev–Trinajstić information content (AvgIpc) is 2.38. The van der Waals surface area contributed by atoms with Gasteiger partial charge in [0.15, 0.2) is 4.90 Å². The quantitative estimate of drug-likeness (QED) is 0.874. The molecule has 0 atom stereocenters. The number of H-pyrrole nitrogens is 1. The molecule has 1 aromatic carbocycles. The number of hydrogen-bond acceptors (Lipinski definition) is 4. The Morgan fingerprint density at radius 1 is 1.26 bits per heavy atom. The molecule has 1 heterocycles. The topological polar surface area (TPSA) is 90.5 Å². The van der Waals surface area contributed by atoms with E-state index in [-0.39, 0.29) is 16.3 Å². The maximum atomic E-state index is 12.3. The van der Waals surface area contributed by atoms with Gasteiger partial charge in [0.2, 0.25) is 5.43 Å². The molecule has 2 aromatic rings. The monoisotopic (exact) mass is 280 g/mol. The van der Waals surface area contributed by atoms with Crippen LogP contribution in [0.4, 0.5) is 5.69 Å². The fraction of sp³-hybridized carbons (Fsp3) is 0.0833. The van der Waals surface area contributed by atoms with Crippen molar-refractivity contribution in [3.05, 3.63) is 52.9 Å². The molecule has 1 aromatic heterocycles. The molecular formula is C12H12N2O4S. The zero-order chi connectivity index (χ0) is 14.0. The van der Waals surface area contributed by atoms with Crippen LogP contribution in [0.1, 0.15) is 0 Å². The molecule has 0 unspecified atom stereocenters. The summed E-state index contributed by atoms with van der Waals surface area (Å²) in [6.07, 6.45) is 2.49. The number of anilines is 1. The van der Waals surface area contributed by atoms with E-state index in [0.29, 0.717) is 0 Å². The zero-order valence-electron chi connectivity index (χ0n) is 10.1. The summed E-state index contributed by atoms with van der Waals surface area (Å²) in [5.74, 6) is -0.0541. The first-order chi connectivity index (χ1) is 8.93. The van der Waals surface area contributed by atoms with Crippen LogP contribution in [0.15, 0.2) is 52.4 Å². The number of hydrogen-bond donors (Lipinski definition) is 2. The van der Waals surface area contributed by atoms with Gasteiger partial charge in [0, 0.05) is 31.6 Å². The van der Waals surface area contributed by atoms with Crippen LogP contribution in [0.25, 0.3) is 0 Å². The lowest BCUT2D eigenvalue weighted by atomic mass is 10.3. The van der Waals surface area contributed by atoms with Crippen LogP contribution >= 0.6 is 0 Å². The van der Waals surface area contributed by atoms with Crippen molar-refractivity contribution in [2.75, 3.05) is 11.4 Å². The molecule has 2 rings (SSSR count). The van der Waals surface area contributed by atoms with Crippen molar-refractivity contribution in [2.24, 2.45) is 0 Å². The first kappa shape index (κ1) is 13.2. The van der Waals surface area contributed by atoms with E-state index in [0.717, 1.165) is 16.6 Å². The first-order valence-corrected chi connectivity index (χ1v) is 6.82. The van der Waals surface area contributed by atoms with Crippen LogP contribution in [0.3, 0.4) is 0 Å². The van der Waals surface area contributed by atoms with Gasteiger partial charge in [0.25, 0.3) is 10.0 Å². The third-order valence-electron chi connectivity index (χ3n) is 2.62. The van der Waals surface area contributed by atoms with Crippen molar-refractivity contribution in [2.45, 2.75) is 4.90 Å². The largest absolute Gasteiger partial charge is 0.508 e. The van der Waals surface area contributed by atoms with Crippen LogP contribution in [-0.2, 0) is 10.0 Å². The summed E-state index contributed by atoms with van der Waals surface area (Å²) in [6, 6.07) is 6.91. The number of phenols is 1. The molecule has 0 aliphatic rings. The minimum Gasteiger partial charge on any atom is -0.508 e. The number of rotatable bonds is 3. The van der Waals surface area contributed by atoms with Gasteiger partial charge in [-0.2, -0.15) is 0 Å². The second-order valence-electron chi connectivity index (χ2n) is 3.87. The fourth-order valence-corrected chi connectivity index (χ4v) is 2.80. The van der Waals surface area contributed by atoms with E-state index in [1.807, 2.05) is 0 Å². The molecule has 6 nitrogen and oxygen atoms in total. The molecule has 0 fully saturated rings. The molecule has 0 amide bonds. The Morgan fingerprint density at radius 2 is 2.00 bits per heavy atom. The third-order valence-corrected chi connectivity index (χ3v) is 4.43. The summed E-state index contributed by atoms with van der Waals surface area (Å²) in [4.78, 5) is 13.8. The zero-order valence-corrected chi connectivity index (χ0v) is 10.9. The van der Waals surface area contributed by atoms with Crippen molar-refractivity contribution in [3.63, 3.8) is 0 Å². The van der Waals surface area contributed by atoms with Crippen LogP contribution in [0.5, 0.6) is 5.75 Å². The third kappa shape index (κ3) is 2.45. The molecule has 0 saturated carbocycles. The highest BCUT2D eigenvalue weighted by Crippen LogP contribution is 2.23. The molecule has 7 heteroatoms. The van der Waals surface area contributed by atoms with Gasteiger partial charge in [0.05, 0.1) is 5.69 Å². The number of nitrogens with one attached hydrogen (secondary N) is 1. The molecule has 100 valence electrons. The van der Waals surface area contributed by atoms with Gasteiger partial charge < -0.3 is 10.1 Å². The van der Waals surface area contributed by atoms with E-state index in [1.54, 1.807) is 0 Å². The predicted octanol–water partition coefficient (Wildman–Crippen LogP) is 0.906. The minimum atomic E-state index is -3.96. The summed E-state index contributed by atoms with van der Waals surface area (Å²) in [5, 5.41) is 9.36. The van der Waals surface area contributed by atoms with E-state index in [9.17, 15) is 18.3 Å². The van der Waals surface area contributed by atoms with Crippen LogP contribution in [-0.4, -0.2) is 25.6 Å². The minimum absolute atomic E-state index is 0.0541. The number of aromatic nitrogens is 1. The van der Waals surface area contributed by atoms with E-state index in [1.165, 1.54) is 37.5 Å². The Labute approximate surface area is 110 Å². The van der Waals surface area contributed by atoms with Crippen molar-refractivity contribution in [1.29, 1.82) is 0 Å². The molecule has 19 heavy (non-hydrogen) atoms. The lowest BCUT2D eigenvalue weighted by molar-refractivity contribution is 0.475. The lowest BCUT2D eigenvalue weighted by Gasteiger charge is -2.18. The fourth-order valence-electron chi connectivity index (χ4n) is 1.58. The van der Waals surface area contributed by atoms with Gasteiger partial charge in [-0.1, -0.05) is 6.07 Å². The Hall–Kier alpha value is -2.28. The van der Waals surface area contributed by atoms with Crippen LogP contribution in [0, 0.1) is 0 Å². The van der Waals surface area contributed by atoms with Crippen LogP contribution in [0.2, 0.25) is 0 Å². The molecule has 0 bridgehead atoms. The normalized spacial score (nSPS) is 11.2. The van der Waals surface area contributed by atoms with Crippen molar-refractivity contribution < 1.29 is 13.5 Å². The van der Waals surface area contributed by atoms with Crippen molar-refractivity contribution in [1.82, 2.24) is 4.98 Å². The highest BCUT2D eigenvalue weighted by atomic mass is 32.2. The van der Waals surface area contributed by atoms with Gasteiger partial charge in [-0.15, -0.1) is 0 Å². The molecular weight excluding hydrogens is 268 g/mol. The SMILES string of the molecule is CN(c1cccc(O)c1)S(=O)(=O)c1c[nH]ccc1=O. The van der Waals surface area contributed by atoms with Gasteiger partial charge in [-0.25, -0.2) is 8.42 Å². The van der Waals surface area contributed by atoms with Crippen molar-refractivity contribution >= 4 is 15.7 Å². The smallest absolute Gasteiger partial charge is 0.269 e. The van der Waals surface area contributed by atoms with Gasteiger partial charge in [-0.3, -0.25) is 9.10 Å². The Bertz CT molecular complexity index is 752. The van der Waals surface area contributed by atoms with Crippen LogP contribution < -0.4 is 9.73 Å². The van der Waals surface area contributed by atoms with Gasteiger partial charge in [0.1, 0.15) is 5.75 Å². The Morgan fingerprint density at radius 3 is 2.63 bits per heavy atom. The second-order valence-corrected chi connectivity index (χ2v) is 5.80. The van der Waals surface area contributed by atoms with E-state index < -0.39 is 15.5 Å². The molecule has 0 saturated heterocycles. The Balaban J connectivity index is 2.52. The maximum Gasteiger partial charge on any atom is 0.269 e. The van der Waals surface area contributed by atoms with E-state index >= 15 is 0 Å². The van der Waals surface area contributed by atoms with Gasteiger partial charge >= 0.3 is 0 Å². The van der Waals surface area contributed by atoms with E-state index in [4.69, 9.17) is 0 Å². The lowest BCUT2D eigenvalue weighted by Crippen LogP contribution is -2.30. The number of aromatic hydroxyl groups is 1. The van der Waals surface area contributed by atoms with Gasteiger partial charge in [-0.05, 0) is 12.1 Å². The summed E-state index contributed by atoms with van der Waals surface area (Å²) in [5.41, 5.74) is -0.325. The number of phenolic OH excluding ortho intramolecular Hbond substituents is 1.